The lowest BCUT2D eigenvalue weighted by molar-refractivity contribution is -0.137. The van der Waals surface area contributed by atoms with Crippen molar-refractivity contribution in [1.82, 2.24) is 0 Å². The zero-order chi connectivity index (χ0) is 24.5. The molecule has 0 heterocycles. The lowest BCUT2D eigenvalue weighted by atomic mass is 9.92. The van der Waals surface area contributed by atoms with Crippen LogP contribution in [0.4, 0.5) is 11.4 Å². The van der Waals surface area contributed by atoms with Gasteiger partial charge in [-0.05, 0) is 54.4 Å². The Labute approximate surface area is 199 Å². The number of carbonyl (C=O) groups is 2. The van der Waals surface area contributed by atoms with Crippen LogP contribution in [-0.4, -0.2) is 30.1 Å². The second-order valence-electron chi connectivity index (χ2n) is 9.88. The van der Waals surface area contributed by atoms with Gasteiger partial charge in [-0.25, -0.2) is 0 Å². The van der Waals surface area contributed by atoms with Crippen molar-refractivity contribution in [3.63, 3.8) is 0 Å². The molecule has 0 saturated carbocycles. The molecule has 2 aromatic carbocycles. The highest BCUT2D eigenvalue weighted by atomic mass is 16.4. The zero-order valence-electron chi connectivity index (χ0n) is 21.0. The minimum atomic E-state index is -0.808. The standard InChI is InChI=1S/C28H40N2O3/c1-7-23(16-28(32)33)24-12-13-26(30(17-19(2)3)18-20(4)5)25(15-24)29-27(31)14-22-10-8-21(6)9-11-22/h8-13,15,19-20,23H,7,14,16-18H2,1-6H3,(H,29,31)(H,32,33). The van der Waals surface area contributed by atoms with Crippen molar-refractivity contribution < 1.29 is 14.7 Å². The average Bonchev–Trinajstić information content (AvgIpc) is 2.72. The molecule has 0 fully saturated rings. The summed E-state index contributed by atoms with van der Waals surface area (Å²) in [5.41, 5.74) is 4.83. The van der Waals surface area contributed by atoms with Gasteiger partial charge in [-0.2, -0.15) is 0 Å². The third-order valence-electron chi connectivity index (χ3n) is 5.68. The first-order valence-corrected chi connectivity index (χ1v) is 12.0. The van der Waals surface area contributed by atoms with E-state index in [-0.39, 0.29) is 18.2 Å². The molecule has 2 rings (SSSR count). The van der Waals surface area contributed by atoms with Gasteiger partial charge in [-0.3, -0.25) is 9.59 Å². The number of hydrogen-bond donors (Lipinski definition) is 2. The minimum absolute atomic E-state index is 0.0717. The van der Waals surface area contributed by atoms with Crippen molar-refractivity contribution in [2.45, 2.75) is 66.7 Å². The van der Waals surface area contributed by atoms with Crippen LogP contribution in [0.15, 0.2) is 42.5 Å². The molecule has 0 bridgehead atoms. The maximum Gasteiger partial charge on any atom is 0.303 e. The summed E-state index contributed by atoms with van der Waals surface area (Å²) in [7, 11) is 0. The predicted octanol–water partition coefficient (Wildman–Crippen LogP) is 6.26. The van der Waals surface area contributed by atoms with Crippen LogP contribution < -0.4 is 10.2 Å². The van der Waals surface area contributed by atoms with Crippen LogP contribution in [0.3, 0.4) is 0 Å². The Bertz CT molecular complexity index is 909. The fourth-order valence-electron chi connectivity index (χ4n) is 4.13. The number of rotatable bonds is 12. The van der Waals surface area contributed by atoms with Gasteiger partial charge >= 0.3 is 5.97 Å². The normalized spacial score (nSPS) is 12.1. The van der Waals surface area contributed by atoms with Gasteiger partial charge in [-0.1, -0.05) is 70.5 Å². The summed E-state index contributed by atoms with van der Waals surface area (Å²) in [6.45, 7) is 14.6. The quantitative estimate of drug-likeness (QED) is 0.399. The largest absolute Gasteiger partial charge is 0.481 e. The van der Waals surface area contributed by atoms with E-state index >= 15 is 0 Å². The lowest BCUT2D eigenvalue weighted by Crippen LogP contribution is -2.32. The van der Waals surface area contributed by atoms with Crippen molar-refractivity contribution in [1.29, 1.82) is 0 Å². The van der Waals surface area contributed by atoms with E-state index in [1.165, 1.54) is 0 Å². The molecule has 0 aliphatic heterocycles. The summed E-state index contributed by atoms with van der Waals surface area (Å²) in [5, 5.41) is 12.5. The van der Waals surface area contributed by atoms with Crippen LogP contribution in [0.1, 0.15) is 70.1 Å². The van der Waals surface area contributed by atoms with Gasteiger partial charge in [-0.15, -0.1) is 0 Å². The van der Waals surface area contributed by atoms with Gasteiger partial charge < -0.3 is 15.3 Å². The van der Waals surface area contributed by atoms with Crippen molar-refractivity contribution in [3.05, 3.63) is 59.2 Å². The monoisotopic (exact) mass is 452 g/mol. The number of aryl methyl sites for hydroxylation is 1. The van der Waals surface area contributed by atoms with Crippen molar-refractivity contribution >= 4 is 23.3 Å². The molecule has 0 aromatic heterocycles. The maximum absolute atomic E-state index is 13.0. The predicted molar refractivity (Wildman–Crippen MR) is 137 cm³/mol. The zero-order valence-corrected chi connectivity index (χ0v) is 21.0. The van der Waals surface area contributed by atoms with E-state index in [2.05, 4.69) is 37.9 Å². The second-order valence-corrected chi connectivity index (χ2v) is 9.88. The molecule has 180 valence electrons. The SMILES string of the molecule is CCC(CC(=O)O)c1ccc(N(CC(C)C)CC(C)C)c(NC(=O)Cc2ccc(C)cc2)c1. The molecule has 0 radical (unpaired) electrons. The Hall–Kier alpha value is -2.82. The van der Waals surface area contributed by atoms with Crippen molar-refractivity contribution in [3.8, 4) is 0 Å². The number of amides is 1. The first-order chi connectivity index (χ1) is 15.6. The summed E-state index contributed by atoms with van der Waals surface area (Å²) in [4.78, 5) is 26.7. The highest BCUT2D eigenvalue weighted by Gasteiger charge is 2.20. The third-order valence-corrected chi connectivity index (χ3v) is 5.68. The first kappa shape index (κ1) is 26.4. The molecule has 2 aromatic rings. The topological polar surface area (TPSA) is 69.6 Å². The van der Waals surface area contributed by atoms with Crippen LogP contribution in [0.5, 0.6) is 0 Å². The van der Waals surface area contributed by atoms with Gasteiger partial charge in [0.1, 0.15) is 0 Å². The molecular weight excluding hydrogens is 412 g/mol. The second kappa shape index (κ2) is 12.4. The Kier molecular flexibility index (Phi) is 9.95. The number of hydrogen-bond acceptors (Lipinski definition) is 3. The molecule has 0 aliphatic rings. The maximum atomic E-state index is 13.0. The number of nitrogens with zero attached hydrogens (tertiary/aromatic N) is 1. The Morgan fingerprint density at radius 1 is 0.970 bits per heavy atom. The molecule has 5 heteroatoms. The van der Waals surface area contributed by atoms with Gasteiger partial charge in [0.25, 0.3) is 0 Å². The van der Waals surface area contributed by atoms with E-state index in [9.17, 15) is 14.7 Å². The third kappa shape index (κ3) is 8.56. The van der Waals surface area contributed by atoms with E-state index in [1.54, 1.807) is 0 Å². The number of carbonyl (C=O) groups excluding carboxylic acids is 1. The fraction of sp³-hybridized carbons (Fsp3) is 0.500. The summed E-state index contributed by atoms with van der Waals surface area (Å²) in [5.74, 6) is -0.0347. The number of carboxylic acid groups (broad SMARTS) is 1. The molecule has 0 saturated heterocycles. The molecule has 33 heavy (non-hydrogen) atoms. The number of benzene rings is 2. The number of anilines is 2. The Morgan fingerprint density at radius 3 is 2.09 bits per heavy atom. The van der Waals surface area contributed by atoms with Gasteiger partial charge in [0.2, 0.25) is 5.91 Å². The van der Waals surface area contributed by atoms with Crippen molar-refractivity contribution in [2.24, 2.45) is 11.8 Å². The van der Waals surface area contributed by atoms with Gasteiger partial charge in [0.15, 0.2) is 0 Å². The molecule has 2 N–H and O–H groups in total. The summed E-state index contributed by atoms with van der Waals surface area (Å²) in [6.07, 6.45) is 1.10. The molecule has 5 nitrogen and oxygen atoms in total. The number of aliphatic carboxylic acids is 1. The minimum Gasteiger partial charge on any atom is -0.481 e. The van der Waals surface area contributed by atoms with E-state index in [0.29, 0.717) is 18.3 Å². The van der Waals surface area contributed by atoms with E-state index in [1.807, 2.05) is 56.3 Å². The Balaban J connectivity index is 2.41. The summed E-state index contributed by atoms with van der Waals surface area (Å²) < 4.78 is 0. The number of carboxylic acids is 1. The molecular formula is C28H40N2O3. The lowest BCUT2D eigenvalue weighted by Gasteiger charge is -2.31. The van der Waals surface area contributed by atoms with Gasteiger partial charge in [0.05, 0.1) is 24.2 Å². The van der Waals surface area contributed by atoms with Crippen LogP contribution in [0, 0.1) is 18.8 Å². The first-order valence-electron chi connectivity index (χ1n) is 12.0. The average molecular weight is 453 g/mol. The molecule has 1 atom stereocenters. The van der Waals surface area contributed by atoms with E-state index in [0.717, 1.165) is 47.6 Å². The highest BCUT2D eigenvalue weighted by molar-refractivity contribution is 5.95. The Morgan fingerprint density at radius 2 is 1.58 bits per heavy atom. The fourth-order valence-corrected chi connectivity index (χ4v) is 4.13. The molecule has 1 amide bonds. The smallest absolute Gasteiger partial charge is 0.303 e. The molecule has 1 unspecified atom stereocenters. The van der Waals surface area contributed by atoms with Crippen molar-refractivity contribution in [2.75, 3.05) is 23.3 Å². The molecule has 0 spiro atoms. The highest BCUT2D eigenvalue weighted by Crippen LogP contribution is 2.33. The van der Waals surface area contributed by atoms with E-state index in [4.69, 9.17) is 0 Å². The summed E-state index contributed by atoms with van der Waals surface area (Å²) >= 11 is 0. The number of nitrogens with one attached hydrogen (secondary N) is 1. The van der Waals surface area contributed by atoms with Crippen LogP contribution in [0.2, 0.25) is 0 Å². The van der Waals surface area contributed by atoms with Crippen LogP contribution >= 0.6 is 0 Å². The van der Waals surface area contributed by atoms with Gasteiger partial charge in [0, 0.05) is 13.1 Å². The van der Waals surface area contributed by atoms with Crippen LogP contribution in [0.25, 0.3) is 0 Å². The van der Waals surface area contributed by atoms with Crippen LogP contribution in [-0.2, 0) is 16.0 Å². The van der Waals surface area contributed by atoms with E-state index < -0.39 is 5.97 Å². The summed E-state index contributed by atoms with van der Waals surface area (Å²) in [6, 6.07) is 14.0. The molecule has 0 aliphatic carbocycles.